The SMILES string of the molecule is CCN1CCN(c2ccc(Nc3cc(-c4ccc5cc[nH]c5c4)c(C)n4ccnc34)nc2)CC1. The van der Waals surface area contributed by atoms with Gasteiger partial charge in [-0.2, -0.15) is 0 Å². The number of anilines is 3. The first-order valence-electron chi connectivity index (χ1n) is 11.9. The maximum atomic E-state index is 4.73. The molecule has 0 atom stereocenters. The van der Waals surface area contributed by atoms with E-state index in [0.717, 1.165) is 66.7 Å². The van der Waals surface area contributed by atoms with E-state index >= 15 is 0 Å². The molecule has 0 bridgehead atoms. The lowest BCUT2D eigenvalue weighted by molar-refractivity contribution is 0.271. The summed E-state index contributed by atoms with van der Waals surface area (Å²) in [6.07, 6.45) is 7.81. The van der Waals surface area contributed by atoms with Crippen LogP contribution in [0.5, 0.6) is 0 Å². The quantitative estimate of drug-likeness (QED) is 0.391. The summed E-state index contributed by atoms with van der Waals surface area (Å²) in [7, 11) is 0. The van der Waals surface area contributed by atoms with Gasteiger partial charge in [0.25, 0.3) is 0 Å². The number of nitrogens with one attached hydrogen (secondary N) is 2. The number of aryl methyl sites for hydroxylation is 1. The number of H-pyrrole nitrogens is 1. The Bertz CT molecular complexity index is 1440. The number of aromatic nitrogens is 4. The van der Waals surface area contributed by atoms with Crippen LogP contribution in [-0.2, 0) is 0 Å². The third-order valence-corrected chi connectivity index (χ3v) is 6.98. The van der Waals surface area contributed by atoms with Crippen molar-refractivity contribution in [3.8, 4) is 11.1 Å². The van der Waals surface area contributed by atoms with Gasteiger partial charge in [-0.05, 0) is 54.8 Å². The minimum Gasteiger partial charge on any atom is -0.368 e. The minimum absolute atomic E-state index is 0.815. The van der Waals surface area contributed by atoms with Crippen LogP contribution in [0.4, 0.5) is 17.2 Å². The van der Waals surface area contributed by atoms with E-state index in [4.69, 9.17) is 4.98 Å². The average molecular weight is 452 g/mol. The molecule has 1 aromatic carbocycles. The molecule has 0 saturated carbocycles. The van der Waals surface area contributed by atoms with Crippen molar-refractivity contribution >= 4 is 33.7 Å². The topological polar surface area (TPSA) is 64.5 Å². The van der Waals surface area contributed by atoms with Crippen molar-refractivity contribution in [1.29, 1.82) is 0 Å². The Morgan fingerprint density at radius 2 is 1.88 bits per heavy atom. The Labute approximate surface area is 199 Å². The van der Waals surface area contributed by atoms with Gasteiger partial charge >= 0.3 is 0 Å². The summed E-state index contributed by atoms with van der Waals surface area (Å²) in [5.74, 6) is 0.815. The number of rotatable bonds is 5. The van der Waals surface area contributed by atoms with Crippen LogP contribution >= 0.6 is 0 Å². The van der Waals surface area contributed by atoms with Gasteiger partial charge in [-0.15, -0.1) is 0 Å². The molecule has 2 N–H and O–H groups in total. The zero-order valence-electron chi connectivity index (χ0n) is 19.6. The fourth-order valence-electron chi connectivity index (χ4n) is 4.92. The van der Waals surface area contributed by atoms with Gasteiger partial charge in [-0.1, -0.05) is 19.1 Å². The highest BCUT2D eigenvalue weighted by Gasteiger charge is 2.17. The molecule has 1 aliphatic heterocycles. The van der Waals surface area contributed by atoms with Gasteiger partial charge in [0.05, 0.1) is 17.6 Å². The third kappa shape index (κ3) is 3.68. The molecule has 0 aliphatic carbocycles. The monoisotopic (exact) mass is 451 g/mol. The van der Waals surface area contributed by atoms with Gasteiger partial charge in [0.15, 0.2) is 5.65 Å². The second kappa shape index (κ2) is 8.50. The number of fused-ring (bicyclic) bond motifs is 2. The predicted molar refractivity (Wildman–Crippen MR) is 139 cm³/mol. The molecule has 7 heteroatoms. The number of aromatic amines is 1. The van der Waals surface area contributed by atoms with Crippen molar-refractivity contribution in [2.75, 3.05) is 42.9 Å². The fourth-order valence-corrected chi connectivity index (χ4v) is 4.92. The maximum Gasteiger partial charge on any atom is 0.160 e. The van der Waals surface area contributed by atoms with Crippen LogP contribution in [-0.4, -0.2) is 57.0 Å². The lowest BCUT2D eigenvalue weighted by Crippen LogP contribution is -2.46. The van der Waals surface area contributed by atoms with E-state index in [1.54, 1.807) is 0 Å². The molecule has 0 spiro atoms. The lowest BCUT2D eigenvalue weighted by atomic mass is 10.0. The van der Waals surface area contributed by atoms with E-state index in [1.165, 1.54) is 16.6 Å². The first kappa shape index (κ1) is 20.7. The van der Waals surface area contributed by atoms with Crippen molar-refractivity contribution in [2.24, 2.45) is 0 Å². The summed E-state index contributed by atoms with van der Waals surface area (Å²) < 4.78 is 2.14. The van der Waals surface area contributed by atoms with Crippen molar-refractivity contribution in [3.63, 3.8) is 0 Å². The van der Waals surface area contributed by atoms with Crippen LogP contribution in [0.3, 0.4) is 0 Å². The molecule has 34 heavy (non-hydrogen) atoms. The molecular weight excluding hydrogens is 422 g/mol. The number of likely N-dealkylation sites (N-methyl/N-ethyl adjacent to an activating group) is 1. The van der Waals surface area contributed by atoms with Crippen molar-refractivity contribution < 1.29 is 0 Å². The van der Waals surface area contributed by atoms with Gasteiger partial charge in [0.2, 0.25) is 0 Å². The van der Waals surface area contributed by atoms with Crippen LogP contribution in [0.25, 0.3) is 27.7 Å². The van der Waals surface area contributed by atoms with Gasteiger partial charge in [0, 0.05) is 61.5 Å². The van der Waals surface area contributed by atoms with Crippen LogP contribution in [0.1, 0.15) is 12.6 Å². The Kier molecular flexibility index (Phi) is 5.19. The largest absolute Gasteiger partial charge is 0.368 e. The second-order valence-corrected chi connectivity index (χ2v) is 8.91. The number of hydrogen-bond donors (Lipinski definition) is 2. The molecule has 0 unspecified atom stereocenters. The standard InChI is InChI=1S/C27H29N7/c1-3-32-12-14-33(15-13-32)22-6-7-26(30-18-22)31-25-17-23(19(2)34-11-10-29-27(25)34)21-5-4-20-8-9-28-24(20)16-21/h4-11,16-18,28H,3,12-15H2,1-2H3,(H,30,31). The first-order valence-corrected chi connectivity index (χ1v) is 11.9. The van der Waals surface area contributed by atoms with Crippen LogP contribution < -0.4 is 10.2 Å². The molecule has 172 valence electrons. The lowest BCUT2D eigenvalue weighted by Gasteiger charge is -2.35. The predicted octanol–water partition coefficient (Wildman–Crippen LogP) is 5.07. The van der Waals surface area contributed by atoms with Crippen LogP contribution in [0.2, 0.25) is 0 Å². The molecule has 1 fully saturated rings. The number of benzene rings is 1. The number of pyridine rings is 2. The molecular formula is C27H29N7. The van der Waals surface area contributed by atoms with Crippen LogP contribution in [0.15, 0.2) is 67.3 Å². The Morgan fingerprint density at radius 3 is 2.68 bits per heavy atom. The highest BCUT2D eigenvalue weighted by molar-refractivity contribution is 5.87. The highest BCUT2D eigenvalue weighted by Crippen LogP contribution is 2.32. The normalized spacial score (nSPS) is 14.8. The molecule has 5 heterocycles. The van der Waals surface area contributed by atoms with E-state index in [0.29, 0.717) is 0 Å². The molecule has 0 radical (unpaired) electrons. The maximum absolute atomic E-state index is 4.73. The van der Waals surface area contributed by atoms with Crippen LogP contribution in [0, 0.1) is 6.92 Å². The number of hydrogen-bond acceptors (Lipinski definition) is 5. The van der Waals surface area contributed by atoms with E-state index in [2.05, 4.69) is 85.8 Å². The Balaban J connectivity index is 1.31. The number of imidazole rings is 1. The minimum atomic E-state index is 0.815. The van der Waals surface area contributed by atoms with Gasteiger partial charge in [0.1, 0.15) is 5.82 Å². The molecule has 1 aliphatic rings. The molecule has 5 aromatic rings. The summed E-state index contributed by atoms with van der Waals surface area (Å²) >= 11 is 0. The average Bonchev–Trinajstić information content (AvgIpc) is 3.56. The van der Waals surface area contributed by atoms with E-state index in [-0.39, 0.29) is 0 Å². The Hall–Kier alpha value is -3.84. The van der Waals surface area contributed by atoms with Crippen molar-refractivity contribution in [1.82, 2.24) is 24.3 Å². The zero-order chi connectivity index (χ0) is 23.1. The second-order valence-electron chi connectivity index (χ2n) is 8.91. The first-order chi connectivity index (χ1) is 16.7. The van der Waals surface area contributed by atoms with Gasteiger partial charge in [-0.25, -0.2) is 9.97 Å². The number of nitrogens with zero attached hydrogens (tertiary/aromatic N) is 5. The fraction of sp³-hybridized carbons (Fsp3) is 0.259. The summed E-state index contributed by atoms with van der Waals surface area (Å²) in [6, 6.07) is 15.0. The van der Waals surface area contributed by atoms with E-state index in [9.17, 15) is 0 Å². The molecule has 4 aromatic heterocycles. The Morgan fingerprint density at radius 1 is 1.00 bits per heavy atom. The summed E-state index contributed by atoms with van der Waals surface area (Å²) in [5, 5.41) is 4.73. The third-order valence-electron chi connectivity index (χ3n) is 6.98. The van der Waals surface area contributed by atoms with E-state index in [1.807, 2.05) is 24.8 Å². The molecule has 0 amide bonds. The smallest absolute Gasteiger partial charge is 0.160 e. The van der Waals surface area contributed by atoms with Gasteiger partial charge < -0.3 is 24.5 Å². The number of piperazine rings is 1. The summed E-state index contributed by atoms with van der Waals surface area (Å²) in [6.45, 7) is 9.78. The molecule has 6 rings (SSSR count). The summed E-state index contributed by atoms with van der Waals surface area (Å²) in [5.41, 5.74) is 7.62. The van der Waals surface area contributed by atoms with Crippen molar-refractivity contribution in [2.45, 2.75) is 13.8 Å². The highest BCUT2D eigenvalue weighted by atomic mass is 15.3. The molecule has 1 saturated heterocycles. The van der Waals surface area contributed by atoms with Crippen molar-refractivity contribution in [3.05, 3.63) is 72.9 Å². The molecule has 7 nitrogen and oxygen atoms in total. The van der Waals surface area contributed by atoms with E-state index < -0.39 is 0 Å². The summed E-state index contributed by atoms with van der Waals surface area (Å²) in [4.78, 5) is 17.6. The van der Waals surface area contributed by atoms with Gasteiger partial charge in [-0.3, -0.25) is 0 Å². The zero-order valence-corrected chi connectivity index (χ0v) is 19.6.